The highest BCUT2D eigenvalue weighted by atomic mass is 35.5. The number of rotatable bonds is 1. The molecular formula is C8H18ClN. The van der Waals surface area contributed by atoms with Crippen molar-refractivity contribution in [3.05, 3.63) is 0 Å². The van der Waals surface area contributed by atoms with Crippen molar-refractivity contribution in [1.82, 2.24) is 0 Å². The zero-order chi connectivity index (χ0) is 6.91. The van der Waals surface area contributed by atoms with Crippen LogP contribution in [0, 0.1) is 5.92 Å². The summed E-state index contributed by atoms with van der Waals surface area (Å²) < 4.78 is 0. The summed E-state index contributed by atoms with van der Waals surface area (Å²) in [6.07, 6.45) is 5.49. The first-order valence-electron chi connectivity index (χ1n) is 3.89. The van der Waals surface area contributed by atoms with Crippen LogP contribution in [-0.2, 0) is 0 Å². The Morgan fingerprint density at radius 2 is 1.60 bits per heavy atom. The quantitative estimate of drug-likeness (QED) is 0.631. The molecule has 0 radical (unpaired) electrons. The van der Waals surface area contributed by atoms with Crippen LogP contribution in [0.2, 0.25) is 0 Å². The van der Waals surface area contributed by atoms with E-state index in [0.29, 0.717) is 0 Å². The van der Waals surface area contributed by atoms with Crippen molar-refractivity contribution >= 4 is 12.4 Å². The molecule has 0 aromatic rings. The molecule has 2 N–H and O–H groups in total. The minimum atomic E-state index is 0. The Labute approximate surface area is 69.8 Å². The largest absolute Gasteiger partial charge is 0.325 e. The van der Waals surface area contributed by atoms with E-state index in [1.165, 1.54) is 25.7 Å². The summed E-state index contributed by atoms with van der Waals surface area (Å²) >= 11 is 0. The average molecular weight is 164 g/mol. The van der Waals surface area contributed by atoms with Gasteiger partial charge < -0.3 is 5.73 Å². The highest BCUT2D eigenvalue weighted by Crippen LogP contribution is 2.31. The van der Waals surface area contributed by atoms with Crippen LogP contribution in [0.1, 0.15) is 39.5 Å². The van der Waals surface area contributed by atoms with E-state index in [2.05, 4.69) is 13.8 Å². The van der Waals surface area contributed by atoms with E-state index in [4.69, 9.17) is 5.73 Å². The van der Waals surface area contributed by atoms with E-state index in [9.17, 15) is 0 Å². The molecule has 0 unspecified atom stereocenters. The van der Waals surface area contributed by atoms with Gasteiger partial charge in [0.2, 0.25) is 0 Å². The molecule has 0 aliphatic heterocycles. The van der Waals surface area contributed by atoms with Crippen molar-refractivity contribution in [1.29, 1.82) is 0 Å². The third-order valence-corrected chi connectivity index (χ3v) is 2.41. The lowest BCUT2D eigenvalue weighted by Gasteiger charge is -2.26. The van der Waals surface area contributed by atoms with Crippen molar-refractivity contribution in [2.75, 3.05) is 0 Å². The van der Waals surface area contributed by atoms with E-state index < -0.39 is 0 Å². The van der Waals surface area contributed by atoms with Crippen molar-refractivity contribution in [3.63, 3.8) is 0 Å². The maximum atomic E-state index is 5.94. The fourth-order valence-corrected chi connectivity index (χ4v) is 1.67. The summed E-state index contributed by atoms with van der Waals surface area (Å²) in [4.78, 5) is 0. The third-order valence-electron chi connectivity index (χ3n) is 2.41. The summed E-state index contributed by atoms with van der Waals surface area (Å²) in [6.45, 7) is 4.28. The number of nitrogens with two attached hydrogens (primary N) is 1. The van der Waals surface area contributed by atoms with Gasteiger partial charge in [0.15, 0.2) is 0 Å². The molecule has 2 heteroatoms. The van der Waals surface area contributed by atoms with E-state index in [-0.39, 0.29) is 17.9 Å². The predicted octanol–water partition coefficient (Wildman–Crippen LogP) is 2.34. The summed E-state index contributed by atoms with van der Waals surface area (Å²) in [7, 11) is 0. The van der Waals surface area contributed by atoms with Gasteiger partial charge in [-0.1, -0.05) is 12.8 Å². The second-order valence-corrected chi connectivity index (χ2v) is 3.80. The van der Waals surface area contributed by atoms with E-state index >= 15 is 0 Å². The molecule has 62 valence electrons. The molecule has 1 aliphatic carbocycles. The number of halogens is 1. The molecule has 0 saturated heterocycles. The van der Waals surface area contributed by atoms with Crippen LogP contribution in [0.25, 0.3) is 0 Å². The zero-order valence-corrected chi connectivity index (χ0v) is 7.71. The van der Waals surface area contributed by atoms with Gasteiger partial charge >= 0.3 is 0 Å². The van der Waals surface area contributed by atoms with Gasteiger partial charge in [0.05, 0.1) is 0 Å². The third kappa shape index (κ3) is 2.47. The van der Waals surface area contributed by atoms with Gasteiger partial charge in [0.1, 0.15) is 0 Å². The summed E-state index contributed by atoms with van der Waals surface area (Å²) in [5, 5.41) is 0. The Bertz CT molecular complexity index is 89.9. The lowest BCUT2D eigenvalue weighted by atomic mass is 9.87. The standard InChI is InChI=1S/C8H17N.ClH/c1-8(2,9)7-5-3-4-6-7;/h7H,3-6,9H2,1-2H3;1H. The SMILES string of the molecule is CC(C)(N)C1CCCC1.Cl. The van der Waals surface area contributed by atoms with Crippen LogP contribution in [0.5, 0.6) is 0 Å². The molecule has 1 rings (SSSR count). The first-order valence-corrected chi connectivity index (χ1v) is 3.89. The summed E-state index contributed by atoms with van der Waals surface area (Å²) in [6, 6.07) is 0. The monoisotopic (exact) mass is 163 g/mol. The second kappa shape index (κ2) is 3.59. The van der Waals surface area contributed by atoms with Gasteiger partial charge in [-0.05, 0) is 32.6 Å². The van der Waals surface area contributed by atoms with E-state index in [1.807, 2.05) is 0 Å². The topological polar surface area (TPSA) is 26.0 Å². The van der Waals surface area contributed by atoms with Gasteiger partial charge in [-0.15, -0.1) is 12.4 Å². The van der Waals surface area contributed by atoms with Gasteiger partial charge in [-0.3, -0.25) is 0 Å². The fourth-order valence-electron chi connectivity index (χ4n) is 1.67. The molecule has 0 heterocycles. The fraction of sp³-hybridized carbons (Fsp3) is 1.00. The lowest BCUT2D eigenvalue weighted by molar-refractivity contribution is 0.328. The summed E-state index contributed by atoms with van der Waals surface area (Å²) in [5.41, 5.74) is 6.02. The molecule has 1 nitrogen and oxygen atoms in total. The lowest BCUT2D eigenvalue weighted by Crippen LogP contribution is -2.39. The number of hydrogen-bond donors (Lipinski definition) is 1. The molecule has 0 atom stereocenters. The molecule has 0 aromatic heterocycles. The molecule has 0 amide bonds. The van der Waals surface area contributed by atoms with E-state index in [0.717, 1.165) is 5.92 Å². The molecule has 1 aliphatic rings. The van der Waals surface area contributed by atoms with Crippen LogP contribution in [0.3, 0.4) is 0 Å². The second-order valence-electron chi connectivity index (χ2n) is 3.80. The normalized spacial score (nSPS) is 20.7. The van der Waals surface area contributed by atoms with Crippen LogP contribution in [0.15, 0.2) is 0 Å². The maximum absolute atomic E-state index is 5.94. The van der Waals surface area contributed by atoms with Gasteiger partial charge in [0.25, 0.3) is 0 Å². The Hall–Kier alpha value is 0.250. The van der Waals surface area contributed by atoms with Crippen molar-refractivity contribution < 1.29 is 0 Å². The van der Waals surface area contributed by atoms with Crippen molar-refractivity contribution in [2.24, 2.45) is 11.7 Å². The van der Waals surface area contributed by atoms with Crippen LogP contribution in [-0.4, -0.2) is 5.54 Å². The Balaban J connectivity index is 0.000000810. The van der Waals surface area contributed by atoms with Gasteiger partial charge in [-0.2, -0.15) is 0 Å². The Morgan fingerprint density at radius 3 is 1.80 bits per heavy atom. The molecule has 10 heavy (non-hydrogen) atoms. The van der Waals surface area contributed by atoms with Crippen LogP contribution in [0.4, 0.5) is 0 Å². The van der Waals surface area contributed by atoms with Crippen molar-refractivity contribution in [3.8, 4) is 0 Å². The zero-order valence-electron chi connectivity index (χ0n) is 6.89. The first kappa shape index (κ1) is 10.2. The smallest absolute Gasteiger partial charge is 0.0125 e. The highest BCUT2D eigenvalue weighted by molar-refractivity contribution is 5.85. The Morgan fingerprint density at radius 1 is 1.20 bits per heavy atom. The number of hydrogen-bond acceptors (Lipinski definition) is 1. The first-order chi connectivity index (χ1) is 4.11. The highest BCUT2D eigenvalue weighted by Gasteiger charge is 2.27. The molecule has 0 spiro atoms. The molecule has 1 fully saturated rings. The van der Waals surface area contributed by atoms with Crippen LogP contribution >= 0.6 is 12.4 Å². The van der Waals surface area contributed by atoms with Crippen molar-refractivity contribution in [2.45, 2.75) is 45.1 Å². The molecule has 0 bridgehead atoms. The molecule has 0 aromatic carbocycles. The maximum Gasteiger partial charge on any atom is 0.0125 e. The van der Waals surface area contributed by atoms with Gasteiger partial charge in [-0.25, -0.2) is 0 Å². The molecule has 1 saturated carbocycles. The van der Waals surface area contributed by atoms with Crippen LogP contribution < -0.4 is 5.73 Å². The predicted molar refractivity (Wildman–Crippen MR) is 47.5 cm³/mol. The average Bonchev–Trinajstić information content (AvgIpc) is 2.08. The van der Waals surface area contributed by atoms with Gasteiger partial charge in [0, 0.05) is 5.54 Å². The molecular weight excluding hydrogens is 146 g/mol. The minimum absolute atomic E-state index is 0. The minimum Gasteiger partial charge on any atom is -0.325 e. The van der Waals surface area contributed by atoms with E-state index in [1.54, 1.807) is 0 Å². The Kier molecular flexibility index (Phi) is 3.68. The summed E-state index contributed by atoms with van der Waals surface area (Å²) in [5.74, 6) is 0.789.